The highest BCUT2D eigenvalue weighted by Gasteiger charge is 2.29. The zero-order valence-electron chi connectivity index (χ0n) is 11.3. The monoisotopic (exact) mass is 275 g/mol. The quantitative estimate of drug-likeness (QED) is 0.861. The van der Waals surface area contributed by atoms with E-state index < -0.39 is 12.1 Å². The van der Waals surface area contributed by atoms with Crippen LogP contribution in [0, 0.1) is 0 Å². The molecule has 1 unspecified atom stereocenters. The van der Waals surface area contributed by atoms with Gasteiger partial charge in [0.25, 0.3) is 0 Å². The third-order valence-corrected chi connectivity index (χ3v) is 3.49. The van der Waals surface area contributed by atoms with Crippen LogP contribution in [0.1, 0.15) is 34.5 Å². The van der Waals surface area contributed by atoms with Gasteiger partial charge < -0.3 is 14.7 Å². The highest BCUT2D eigenvalue weighted by Crippen LogP contribution is 2.30. The second-order valence-electron chi connectivity index (χ2n) is 4.70. The Bertz CT molecular complexity index is 553. The van der Waals surface area contributed by atoms with Gasteiger partial charge in [-0.25, -0.2) is 9.59 Å². The molecule has 0 saturated carbocycles. The zero-order valence-corrected chi connectivity index (χ0v) is 11.3. The summed E-state index contributed by atoms with van der Waals surface area (Å²) in [5.74, 6) is -0.966. The maximum absolute atomic E-state index is 11.9. The summed E-state index contributed by atoms with van der Waals surface area (Å²) in [4.78, 5) is 24.6. The second-order valence-corrected chi connectivity index (χ2v) is 4.70. The summed E-state index contributed by atoms with van der Waals surface area (Å²) in [6, 6.07) is 4.85. The van der Waals surface area contributed by atoms with E-state index in [4.69, 9.17) is 9.84 Å². The molecule has 0 bridgehead atoms. The number of amides is 1. The Morgan fingerprint density at radius 2 is 2.30 bits per heavy atom. The molecule has 1 aliphatic rings. The van der Waals surface area contributed by atoms with Gasteiger partial charge in [-0.2, -0.15) is 0 Å². The Hall–Kier alpha value is -2.30. The van der Waals surface area contributed by atoms with Gasteiger partial charge in [-0.3, -0.25) is 0 Å². The van der Waals surface area contributed by atoms with E-state index in [-0.39, 0.29) is 18.2 Å². The molecule has 1 aliphatic heterocycles. The molecule has 0 saturated heterocycles. The Kier molecular flexibility index (Phi) is 4.08. The van der Waals surface area contributed by atoms with Crippen molar-refractivity contribution in [3.63, 3.8) is 0 Å². The van der Waals surface area contributed by atoms with Crippen LogP contribution in [-0.4, -0.2) is 35.2 Å². The minimum absolute atomic E-state index is 0.171. The summed E-state index contributed by atoms with van der Waals surface area (Å²) in [5.41, 5.74) is 2.18. The topological polar surface area (TPSA) is 66.8 Å². The number of aromatic carboxylic acids is 1. The molecule has 1 heterocycles. The summed E-state index contributed by atoms with van der Waals surface area (Å²) < 4.78 is 5.05. The number of carbonyl (C=O) groups is 2. The van der Waals surface area contributed by atoms with E-state index in [1.54, 1.807) is 17.0 Å². The van der Waals surface area contributed by atoms with Gasteiger partial charge in [0.2, 0.25) is 0 Å². The highest BCUT2D eigenvalue weighted by atomic mass is 16.6. The normalized spacial score (nSPS) is 17.2. The van der Waals surface area contributed by atoms with Crippen molar-refractivity contribution in [1.82, 2.24) is 4.90 Å². The van der Waals surface area contributed by atoms with Crippen molar-refractivity contribution in [1.29, 1.82) is 0 Å². The Morgan fingerprint density at radius 3 is 2.95 bits per heavy atom. The van der Waals surface area contributed by atoms with Gasteiger partial charge in [-0.15, -0.1) is 0 Å². The van der Waals surface area contributed by atoms with Gasteiger partial charge in [0.1, 0.15) is 6.61 Å². The SMILES string of the molecule is C=CCOC(=O)N1CCc2ccc(C(=O)O)cc2C1C. The molecule has 1 aromatic carbocycles. The van der Waals surface area contributed by atoms with Gasteiger partial charge in [-0.05, 0) is 36.6 Å². The van der Waals surface area contributed by atoms with Crippen LogP contribution in [0.4, 0.5) is 4.79 Å². The first kappa shape index (κ1) is 14.1. The molecular weight excluding hydrogens is 258 g/mol. The van der Waals surface area contributed by atoms with E-state index in [1.807, 2.05) is 13.0 Å². The van der Waals surface area contributed by atoms with Crippen molar-refractivity contribution < 1.29 is 19.4 Å². The molecule has 2 rings (SSSR count). The van der Waals surface area contributed by atoms with Crippen molar-refractivity contribution >= 4 is 12.1 Å². The van der Waals surface area contributed by atoms with Crippen molar-refractivity contribution in [3.8, 4) is 0 Å². The van der Waals surface area contributed by atoms with Gasteiger partial charge in [0, 0.05) is 6.54 Å². The third-order valence-electron chi connectivity index (χ3n) is 3.49. The fourth-order valence-electron chi connectivity index (χ4n) is 2.41. The molecular formula is C15H17NO4. The molecule has 0 spiro atoms. The van der Waals surface area contributed by atoms with E-state index >= 15 is 0 Å². The molecule has 0 aliphatic carbocycles. The highest BCUT2D eigenvalue weighted by molar-refractivity contribution is 5.88. The number of rotatable bonds is 3. The van der Waals surface area contributed by atoms with Crippen LogP contribution in [0.2, 0.25) is 0 Å². The fourth-order valence-corrected chi connectivity index (χ4v) is 2.41. The maximum atomic E-state index is 11.9. The second kappa shape index (κ2) is 5.77. The largest absolute Gasteiger partial charge is 0.478 e. The lowest BCUT2D eigenvalue weighted by Gasteiger charge is -2.34. The van der Waals surface area contributed by atoms with Gasteiger partial charge in [0.05, 0.1) is 11.6 Å². The lowest BCUT2D eigenvalue weighted by atomic mass is 9.92. The van der Waals surface area contributed by atoms with Crippen LogP contribution in [0.3, 0.4) is 0 Å². The maximum Gasteiger partial charge on any atom is 0.410 e. The summed E-state index contributed by atoms with van der Waals surface area (Å²) in [6.07, 6.45) is 1.81. The van der Waals surface area contributed by atoms with Crippen molar-refractivity contribution in [2.75, 3.05) is 13.2 Å². The summed E-state index contributed by atoms with van der Waals surface area (Å²) in [7, 11) is 0. The van der Waals surface area contributed by atoms with Gasteiger partial charge in [0.15, 0.2) is 0 Å². The number of fused-ring (bicyclic) bond motifs is 1. The average Bonchev–Trinajstić information content (AvgIpc) is 2.44. The Morgan fingerprint density at radius 1 is 1.55 bits per heavy atom. The smallest absolute Gasteiger partial charge is 0.410 e. The lowest BCUT2D eigenvalue weighted by Crippen LogP contribution is -2.39. The molecule has 0 aromatic heterocycles. The number of ether oxygens (including phenoxy) is 1. The first-order chi connectivity index (χ1) is 9.54. The fraction of sp³-hybridized carbons (Fsp3) is 0.333. The Labute approximate surface area is 117 Å². The van der Waals surface area contributed by atoms with E-state index in [2.05, 4.69) is 6.58 Å². The molecule has 0 radical (unpaired) electrons. The van der Waals surface area contributed by atoms with Crippen LogP contribution in [0.5, 0.6) is 0 Å². The van der Waals surface area contributed by atoms with Crippen molar-refractivity contribution in [2.45, 2.75) is 19.4 Å². The first-order valence-electron chi connectivity index (χ1n) is 6.45. The predicted molar refractivity (Wildman–Crippen MR) is 73.8 cm³/mol. The van der Waals surface area contributed by atoms with E-state index in [9.17, 15) is 9.59 Å². The summed E-state index contributed by atoms with van der Waals surface area (Å²) >= 11 is 0. The number of hydrogen-bond donors (Lipinski definition) is 1. The lowest BCUT2D eigenvalue weighted by molar-refractivity contribution is 0.0696. The van der Waals surface area contributed by atoms with Crippen LogP contribution in [0.25, 0.3) is 0 Å². The van der Waals surface area contributed by atoms with Crippen LogP contribution in [-0.2, 0) is 11.2 Å². The van der Waals surface area contributed by atoms with Crippen LogP contribution in [0.15, 0.2) is 30.9 Å². The molecule has 1 atom stereocenters. The van der Waals surface area contributed by atoms with E-state index in [0.717, 1.165) is 11.1 Å². The summed E-state index contributed by atoms with van der Waals surface area (Å²) in [6.45, 7) is 6.11. The number of benzene rings is 1. The van der Waals surface area contributed by atoms with Crippen LogP contribution >= 0.6 is 0 Å². The van der Waals surface area contributed by atoms with E-state index in [0.29, 0.717) is 13.0 Å². The van der Waals surface area contributed by atoms with Crippen LogP contribution < -0.4 is 0 Å². The number of nitrogens with zero attached hydrogens (tertiary/aromatic N) is 1. The minimum Gasteiger partial charge on any atom is -0.478 e. The molecule has 5 nitrogen and oxygen atoms in total. The number of carboxylic acids is 1. The molecule has 1 amide bonds. The van der Waals surface area contributed by atoms with Crippen molar-refractivity contribution in [3.05, 3.63) is 47.5 Å². The molecule has 0 fully saturated rings. The number of carboxylic acid groups (broad SMARTS) is 1. The minimum atomic E-state index is -0.966. The first-order valence-corrected chi connectivity index (χ1v) is 6.45. The predicted octanol–water partition coefficient (Wildman–Crippen LogP) is 2.63. The Balaban J connectivity index is 2.25. The number of carbonyl (C=O) groups excluding carboxylic acids is 1. The third kappa shape index (κ3) is 2.66. The molecule has 1 N–H and O–H groups in total. The standard InChI is InChI=1S/C15H17NO4/c1-3-8-20-15(19)16-7-6-11-4-5-12(14(17)18)9-13(11)10(16)2/h3-5,9-10H,1,6-8H2,2H3,(H,17,18). The molecule has 106 valence electrons. The molecule has 1 aromatic rings. The summed E-state index contributed by atoms with van der Waals surface area (Å²) in [5, 5.41) is 9.05. The molecule has 5 heteroatoms. The van der Waals surface area contributed by atoms with Crippen molar-refractivity contribution in [2.24, 2.45) is 0 Å². The van der Waals surface area contributed by atoms with Gasteiger partial charge in [-0.1, -0.05) is 18.7 Å². The zero-order chi connectivity index (χ0) is 14.7. The molecule has 20 heavy (non-hydrogen) atoms. The number of hydrogen-bond acceptors (Lipinski definition) is 3. The van der Waals surface area contributed by atoms with E-state index in [1.165, 1.54) is 6.08 Å². The van der Waals surface area contributed by atoms with Gasteiger partial charge >= 0.3 is 12.1 Å². The average molecular weight is 275 g/mol.